The van der Waals surface area contributed by atoms with Crippen LogP contribution in [0.3, 0.4) is 0 Å². The van der Waals surface area contributed by atoms with Gasteiger partial charge >= 0.3 is 0 Å². The predicted octanol–water partition coefficient (Wildman–Crippen LogP) is 1.42. The third kappa shape index (κ3) is 3.04. The molecule has 1 atom stereocenters. The van der Waals surface area contributed by atoms with E-state index in [9.17, 15) is 9.50 Å². The van der Waals surface area contributed by atoms with Crippen molar-refractivity contribution in [3.63, 3.8) is 0 Å². The number of rotatable bonds is 4. The van der Waals surface area contributed by atoms with Gasteiger partial charge in [-0.05, 0) is 43.1 Å². The van der Waals surface area contributed by atoms with Crippen LogP contribution in [0.25, 0.3) is 0 Å². The van der Waals surface area contributed by atoms with Crippen LogP contribution < -0.4 is 5.73 Å². The van der Waals surface area contributed by atoms with Crippen molar-refractivity contribution >= 4 is 17.2 Å². The Bertz CT molecular complexity index is 453. The van der Waals surface area contributed by atoms with Crippen molar-refractivity contribution in [3.8, 4) is 0 Å². The van der Waals surface area contributed by atoms with E-state index in [2.05, 4.69) is 4.90 Å². The van der Waals surface area contributed by atoms with E-state index >= 15 is 0 Å². The molecule has 0 aliphatic carbocycles. The Morgan fingerprint density at radius 1 is 1.50 bits per heavy atom. The highest BCUT2D eigenvalue weighted by Crippen LogP contribution is 2.20. The minimum Gasteiger partial charge on any atom is -0.395 e. The number of aliphatic hydroxyl groups excluding tert-OH is 1. The number of thiocarbonyl (C=S) groups is 1. The summed E-state index contributed by atoms with van der Waals surface area (Å²) in [4.78, 5) is 2.37. The second kappa shape index (κ2) is 5.73. The molecule has 0 amide bonds. The van der Waals surface area contributed by atoms with Crippen molar-refractivity contribution in [2.75, 3.05) is 13.2 Å². The number of hydrogen-bond acceptors (Lipinski definition) is 3. The lowest BCUT2D eigenvalue weighted by atomic mass is 10.1. The van der Waals surface area contributed by atoms with Gasteiger partial charge in [-0.15, -0.1) is 0 Å². The van der Waals surface area contributed by atoms with E-state index in [0.717, 1.165) is 24.9 Å². The molecule has 98 valence electrons. The third-order valence-corrected chi connectivity index (χ3v) is 3.57. The first kappa shape index (κ1) is 13.4. The maximum atomic E-state index is 13.5. The van der Waals surface area contributed by atoms with E-state index in [0.29, 0.717) is 12.1 Å². The van der Waals surface area contributed by atoms with Crippen molar-refractivity contribution in [3.05, 3.63) is 35.1 Å². The zero-order valence-electron chi connectivity index (χ0n) is 10.1. The van der Waals surface area contributed by atoms with Crippen molar-refractivity contribution < 1.29 is 9.50 Å². The van der Waals surface area contributed by atoms with Crippen molar-refractivity contribution in [2.45, 2.75) is 25.4 Å². The van der Waals surface area contributed by atoms with E-state index < -0.39 is 0 Å². The van der Waals surface area contributed by atoms with Crippen LogP contribution in [-0.2, 0) is 6.54 Å². The zero-order chi connectivity index (χ0) is 13.1. The van der Waals surface area contributed by atoms with Gasteiger partial charge in [0.05, 0.1) is 6.61 Å². The molecule has 18 heavy (non-hydrogen) atoms. The lowest BCUT2D eigenvalue weighted by Gasteiger charge is -2.22. The topological polar surface area (TPSA) is 49.5 Å². The van der Waals surface area contributed by atoms with Crippen LogP contribution in [-0.4, -0.2) is 34.2 Å². The first-order valence-corrected chi connectivity index (χ1v) is 6.45. The summed E-state index contributed by atoms with van der Waals surface area (Å²) >= 11 is 4.87. The SMILES string of the molecule is NC(=S)c1cc(F)cc(CN2CCCC2CO)c1. The second-order valence-electron chi connectivity index (χ2n) is 4.66. The molecule has 0 bridgehead atoms. The van der Waals surface area contributed by atoms with Gasteiger partial charge in [-0.1, -0.05) is 12.2 Å². The number of halogens is 1. The highest BCUT2D eigenvalue weighted by atomic mass is 32.1. The van der Waals surface area contributed by atoms with Gasteiger partial charge < -0.3 is 10.8 Å². The van der Waals surface area contributed by atoms with Gasteiger partial charge in [-0.2, -0.15) is 0 Å². The van der Waals surface area contributed by atoms with Gasteiger partial charge in [0.15, 0.2) is 0 Å². The molecule has 2 rings (SSSR count). The summed E-state index contributed by atoms with van der Waals surface area (Å²) in [6, 6.07) is 4.84. The fourth-order valence-corrected chi connectivity index (χ4v) is 2.55. The summed E-state index contributed by atoms with van der Waals surface area (Å²) in [6.45, 7) is 1.71. The van der Waals surface area contributed by atoms with Crippen LogP contribution in [0.15, 0.2) is 18.2 Å². The number of nitrogens with two attached hydrogens (primary N) is 1. The summed E-state index contributed by atoms with van der Waals surface area (Å²) < 4.78 is 13.5. The minimum absolute atomic E-state index is 0.150. The fourth-order valence-electron chi connectivity index (χ4n) is 2.43. The maximum Gasteiger partial charge on any atom is 0.124 e. The largest absolute Gasteiger partial charge is 0.395 e. The molecule has 1 aliphatic rings. The van der Waals surface area contributed by atoms with Gasteiger partial charge in [0, 0.05) is 18.2 Å². The number of hydrogen-bond donors (Lipinski definition) is 2. The first-order valence-electron chi connectivity index (χ1n) is 6.04. The standard InChI is InChI=1S/C13H17FN2OS/c14-11-5-9(4-10(6-11)13(15)18)7-16-3-1-2-12(16)8-17/h4-6,12,17H,1-3,7-8H2,(H2,15,18). The van der Waals surface area contributed by atoms with Crippen LogP contribution in [0.5, 0.6) is 0 Å². The van der Waals surface area contributed by atoms with E-state index in [1.807, 2.05) is 6.07 Å². The lowest BCUT2D eigenvalue weighted by Crippen LogP contribution is -2.31. The molecule has 3 nitrogen and oxygen atoms in total. The number of likely N-dealkylation sites (tertiary alicyclic amines) is 1. The molecule has 5 heteroatoms. The molecule has 1 heterocycles. The molecule has 0 radical (unpaired) electrons. The molecule has 1 unspecified atom stereocenters. The lowest BCUT2D eigenvalue weighted by molar-refractivity contribution is 0.153. The smallest absolute Gasteiger partial charge is 0.124 e. The quantitative estimate of drug-likeness (QED) is 0.811. The number of nitrogens with zero attached hydrogens (tertiary/aromatic N) is 1. The van der Waals surface area contributed by atoms with Gasteiger partial charge in [0.2, 0.25) is 0 Å². The summed E-state index contributed by atoms with van der Waals surface area (Å²) in [5.41, 5.74) is 6.93. The van der Waals surface area contributed by atoms with Gasteiger partial charge in [-0.25, -0.2) is 4.39 Å². The molecule has 0 saturated carbocycles. The van der Waals surface area contributed by atoms with Crippen molar-refractivity contribution in [2.24, 2.45) is 5.73 Å². The van der Waals surface area contributed by atoms with Crippen LogP contribution in [0, 0.1) is 5.82 Å². The molecular weight excluding hydrogens is 251 g/mol. The van der Waals surface area contributed by atoms with Crippen LogP contribution >= 0.6 is 12.2 Å². The fraction of sp³-hybridized carbons (Fsp3) is 0.462. The van der Waals surface area contributed by atoms with E-state index in [1.165, 1.54) is 12.1 Å². The molecule has 1 fully saturated rings. The van der Waals surface area contributed by atoms with Crippen molar-refractivity contribution in [1.82, 2.24) is 4.90 Å². The Balaban J connectivity index is 2.16. The minimum atomic E-state index is -0.324. The first-order chi connectivity index (χ1) is 8.60. The Kier molecular flexibility index (Phi) is 4.27. The monoisotopic (exact) mass is 268 g/mol. The summed E-state index contributed by atoms with van der Waals surface area (Å²) in [7, 11) is 0. The summed E-state index contributed by atoms with van der Waals surface area (Å²) in [5, 5.41) is 9.26. The summed E-state index contributed by atoms with van der Waals surface area (Å²) in [5.74, 6) is -0.324. The van der Waals surface area contributed by atoms with E-state index in [-0.39, 0.29) is 23.5 Å². The van der Waals surface area contributed by atoms with Crippen LogP contribution in [0.2, 0.25) is 0 Å². The van der Waals surface area contributed by atoms with Gasteiger partial charge in [0.25, 0.3) is 0 Å². The number of benzene rings is 1. The second-order valence-corrected chi connectivity index (χ2v) is 5.10. The average Bonchev–Trinajstić information content (AvgIpc) is 2.75. The van der Waals surface area contributed by atoms with Crippen LogP contribution in [0.1, 0.15) is 24.0 Å². The normalized spacial score (nSPS) is 20.2. The van der Waals surface area contributed by atoms with Crippen LogP contribution in [0.4, 0.5) is 4.39 Å². The number of aliphatic hydroxyl groups is 1. The molecule has 1 aromatic carbocycles. The molecular formula is C13H17FN2OS. The van der Waals surface area contributed by atoms with Crippen molar-refractivity contribution in [1.29, 1.82) is 0 Å². The molecule has 1 aliphatic heterocycles. The molecule has 0 aromatic heterocycles. The Labute approximate surface area is 111 Å². The average molecular weight is 268 g/mol. The predicted molar refractivity (Wildman–Crippen MR) is 72.8 cm³/mol. The molecule has 1 saturated heterocycles. The highest BCUT2D eigenvalue weighted by Gasteiger charge is 2.23. The van der Waals surface area contributed by atoms with E-state index in [1.54, 1.807) is 0 Å². The third-order valence-electron chi connectivity index (χ3n) is 3.34. The van der Waals surface area contributed by atoms with Gasteiger partial charge in [-0.3, -0.25) is 4.90 Å². The molecule has 1 aromatic rings. The van der Waals surface area contributed by atoms with E-state index in [4.69, 9.17) is 18.0 Å². The highest BCUT2D eigenvalue weighted by molar-refractivity contribution is 7.80. The Hall–Kier alpha value is -1.04. The molecule has 0 spiro atoms. The Morgan fingerprint density at radius 2 is 2.28 bits per heavy atom. The summed E-state index contributed by atoms with van der Waals surface area (Å²) in [6.07, 6.45) is 2.07. The van der Waals surface area contributed by atoms with Gasteiger partial charge in [0.1, 0.15) is 10.8 Å². The molecule has 3 N–H and O–H groups in total. The Morgan fingerprint density at radius 3 is 2.94 bits per heavy atom. The zero-order valence-corrected chi connectivity index (χ0v) is 10.9. The maximum absolute atomic E-state index is 13.5.